The maximum Gasteiger partial charge on any atom is 0.0296 e. The van der Waals surface area contributed by atoms with Gasteiger partial charge in [0.25, 0.3) is 0 Å². The molecule has 1 atom stereocenters. The van der Waals surface area contributed by atoms with Gasteiger partial charge in [-0.05, 0) is 32.8 Å². The minimum atomic E-state index is 0.218. The van der Waals surface area contributed by atoms with Crippen LogP contribution in [0.1, 0.15) is 45.7 Å². The molecule has 14 heavy (non-hydrogen) atoms. The molecular weight excluding hydrogens is 170 g/mol. The number of rotatable bonds is 4. The fraction of sp³-hybridized carbons (Fsp3) is 0.538. The lowest BCUT2D eigenvalue weighted by Gasteiger charge is -2.29. The van der Waals surface area contributed by atoms with Crippen molar-refractivity contribution in [3.05, 3.63) is 35.9 Å². The van der Waals surface area contributed by atoms with Gasteiger partial charge in [-0.3, -0.25) is 0 Å². The SMILES string of the molecule is CCC(C)(C)N[C@@H](C)c1ccccc1. The Balaban J connectivity index is 2.64. The van der Waals surface area contributed by atoms with Gasteiger partial charge in [0.1, 0.15) is 0 Å². The van der Waals surface area contributed by atoms with Crippen LogP contribution in [0.25, 0.3) is 0 Å². The molecule has 1 N–H and O–H groups in total. The lowest BCUT2D eigenvalue weighted by Crippen LogP contribution is -2.40. The summed E-state index contributed by atoms with van der Waals surface area (Å²) in [5.41, 5.74) is 1.57. The molecule has 1 heteroatoms. The molecule has 0 aliphatic rings. The van der Waals surface area contributed by atoms with E-state index in [1.807, 2.05) is 0 Å². The standard InChI is InChI=1S/C13H21N/c1-5-13(3,4)14-11(2)12-9-7-6-8-10-12/h6-11,14H,5H2,1-4H3/t11-/m0/s1. The van der Waals surface area contributed by atoms with E-state index in [0.717, 1.165) is 6.42 Å². The highest BCUT2D eigenvalue weighted by atomic mass is 15.0. The zero-order chi connectivity index (χ0) is 10.6. The third kappa shape index (κ3) is 3.15. The van der Waals surface area contributed by atoms with E-state index in [0.29, 0.717) is 6.04 Å². The topological polar surface area (TPSA) is 12.0 Å². The summed E-state index contributed by atoms with van der Waals surface area (Å²) in [6, 6.07) is 11.0. The van der Waals surface area contributed by atoms with E-state index >= 15 is 0 Å². The van der Waals surface area contributed by atoms with Crippen LogP contribution < -0.4 is 5.32 Å². The lowest BCUT2D eigenvalue weighted by atomic mass is 9.98. The van der Waals surface area contributed by atoms with Crippen molar-refractivity contribution < 1.29 is 0 Å². The molecule has 0 heterocycles. The molecule has 1 nitrogen and oxygen atoms in total. The van der Waals surface area contributed by atoms with Crippen LogP contribution in [-0.4, -0.2) is 5.54 Å². The van der Waals surface area contributed by atoms with Crippen molar-refractivity contribution in [3.63, 3.8) is 0 Å². The first-order valence-electron chi connectivity index (χ1n) is 5.38. The largest absolute Gasteiger partial charge is 0.305 e. The zero-order valence-corrected chi connectivity index (χ0v) is 9.67. The summed E-state index contributed by atoms with van der Waals surface area (Å²) in [4.78, 5) is 0. The van der Waals surface area contributed by atoms with Crippen LogP contribution in [0, 0.1) is 0 Å². The van der Waals surface area contributed by atoms with Gasteiger partial charge in [0.2, 0.25) is 0 Å². The van der Waals surface area contributed by atoms with E-state index in [-0.39, 0.29) is 5.54 Å². The van der Waals surface area contributed by atoms with Crippen LogP contribution in [0.3, 0.4) is 0 Å². The summed E-state index contributed by atoms with van der Waals surface area (Å²) < 4.78 is 0. The maximum absolute atomic E-state index is 3.62. The molecule has 0 aromatic heterocycles. The molecule has 0 saturated heterocycles. The zero-order valence-electron chi connectivity index (χ0n) is 9.67. The molecular formula is C13H21N. The van der Waals surface area contributed by atoms with Gasteiger partial charge in [-0.15, -0.1) is 0 Å². The molecule has 0 aliphatic carbocycles. The van der Waals surface area contributed by atoms with E-state index in [2.05, 4.69) is 63.3 Å². The van der Waals surface area contributed by atoms with Crippen molar-refractivity contribution in [2.75, 3.05) is 0 Å². The molecule has 1 aromatic rings. The Morgan fingerprint density at radius 1 is 1.21 bits per heavy atom. The van der Waals surface area contributed by atoms with Crippen LogP contribution in [0.4, 0.5) is 0 Å². The Bertz CT molecular complexity index is 264. The van der Waals surface area contributed by atoms with Crippen molar-refractivity contribution in [2.45, 2.75) is 45.7 Å². The Hall–Kier alpha value is -0.820. The van der Waals surface area contributed by atoms with Crippen LogP contribution in [-0.2, 0) is 0 Å². The summed E-state index contributed by atoms with van der Waals surface area (Å²) in [6.45, 7) is 8.91. The molecule has 0 saturated carbocycles. The van der Waals surface area contributed by atoms with E-state index < -0.39 is 0 Å². The third-order valence-electron chi connectivity index (χ3n) is 2.79. The summed E-state index contributed by atoms with van der Waals surface area (Å²) in [5.74, 6) is 0. The summed E-state index contributed by atoms with van der Waals surface area (Å²) in [5, 5.41) is 3.62. The molecule has 78 valence electrons. The number of benzene rings is 1. The average Bonchev–Trinajstić information content (AvgIpc) is 2.19. The molecule has 0 aliphatic heterocycles. The summed E-state index contributed by atoms with van der Waals surface area (Å²) >= 11 is 0. The van der Waals surface area contributed by atoms with E-state index in [9.17, 15) is 0 Å². The smallest absolute Gasteiger partial charge is 0.0296 e. The molecule has 0 unspecified atom stereocenters. The molecule has 1 rings (SSSR count). The number of nitrogens with one attached hydrogen (secondary N) is 1. The number of hydrogen-bond donors (Lipinski definition) is 1. The molecule has 1 aromatic carbocycles. The first-order chi connectivity index (χ1) is 6.55. The highest BCUT2D eigenvalue weighted by Gasteiger charge is 2.17. The van der Waals surface area contributed by atoms with Crippen molar-refractivity contribution in [3.8, 4) is 0 Å². The third-order valence-corrected chi connectivity index (χ3v) is 2.79. The van der Waals surface area contributed by atoms with Crippen LogP contribution >= 0.6 is 0 Å². The van der Waals surface area contributed by atoms with Crippen LogP contribution in [0.2, 0.25) is 0 Å². The lowest BCUT2D eigenvalue weighted by molar-refractivity contribution is 0.337. The van der Waals surface area contributed by atoms with Gasteiger partial charge in [-0.1, -0.05) is 37.3 Å². The minimum Gasteiger partial charge on any atom is -0.305 e. The van der Waals surface area contributed by atoms with Crippen molar-refractivity contribution >= 4 is 0 Å². The van der Waals surface area contributed by atoms with E-state index in [4.69, 9.17) is 0 Å². The van der Waals surface area contributed by atoms with Gasteiger partial charge in [-0.25, -0.2) is 0 Å². The normalized spacial score (nSPS) is 14.0. The van der Waals surface area contributed by atoms with Crippen molar-refractivity contribution in [1.29, 1.82) is 0 Å². The highest BCUT2D eigenvalue weighted by molar-refractivity contribution is 5.18. The van der Waals surface area contributed by atoms with Crippen LogP contribution in [0.5, 0.6) is 0 Å². The Morgan fingerprint density at radius 2 is 1.79 bits per heavy atom. The highest BCUT2D eigenvalue weighted by Crippen LogP contribution is 2.17. The fourth-order valence-corrected chi connectivity index (χ4v) is 1.51. The van der Waals surface area contributed by atoms with Gasteiger partial charge in [-0.2, -0.15) is 0 Å². The quantitative estimate of drug-likeness (QED) is 0.767. The second kappa shape index (κ2) is 4.61. The predicted molar refractivity (Wildman–Crippen MR) is 62.4 cm³/mol. The molecule has 0 amide bonds. The molecule has 0 radical (unpaired) electrons. The van der Waals surface area contributed by atoms with Gasteiger partial charge >= 0.3 is 0 Å². The van der Waals surface area contributed by atoms with Gasteiger partial charge in [0.15, 0.2) is 0 Å². The van der Waals surface area contributed by atoms with E-state index in [1.165, 1.54) is 5.56 Å². The monoisotopic (exact) mass is 191 g/mol. The fourth-order valence-electron chi connectivity index (χ4n) is 1.51. The summed E-state index contributed by atoms with van der Waals surface area (Å²) in [6.07, 6.45) is 1.14. The Kier molecular flexibility index (Phi) is 3.70. The van der Waals surface area contributed by atoms with E-state index in [1.54, 1.807) is 0 Å². The molecule has 0 bridgehead atoms. The number of hydrogen-bond acceptors (Lipinski definition) is 1. The Labute approximate surface area is 87.5 Å². The predicted octanol–water partition coefficient (Wildman–Crippen LogP) is 3.53. The second-order valence-corrected chi connectivity index (χ2v) is 4.51. The van der Waals surface area contributed by atoms with Crippen LogP contribution in [0.15, 0.2) is 30.3 Å². The first kappa shape index (κ1) is 11.3. The van der Waals surface area contributed by atoms with Gasteiger partial charge < -0.3 is 5.32 Å². The second-order valence-electron chi connectivity index (χ2n) is 4.51. The van der Waals surface area contributed by atoms with Gasteiger partial charge in [0, 0.05) is 11.6 Å². The molecule has 0 fully saturated rings. The van der Waals surface area contributed by atoms with Gasteiger partial charge in [0.05, 0.1) is 0 Å². The molecule has 0 spiro atoms. The Morgan fingerprint density at radius 3 is 2.29 bits per heavy atom. The van der Waals surface area contributed by atoms with Crippen molar-refractivity contribution in [2.24, 2.45) is 0 Å². The average molecular weight is 191 g/mol. The maximum atomic E-state index is 3.62. The summed E-state index contributed by atoms with van der Waals surface area (Å²) in [7, 11) is 0. The van der Waals surface area contributed by atoms with Crippen molar-refractivity contribution in [1.82, 2.24) is 5.32 Å². The first-order valence-corrected chi connectivity index (χ1v) is 5.38. The minimum absolute atomic E-state index is 0.218.